The Kier molecular flexibility index (Phi) is 4.07. The highest BCUT2D eigenvalue weighted by molar-refractivity contribution is 5.41. The molecule has 0 bridgehead atoms. The molecule has 3 unspecified atom stereocenters. The zero-order valence-corrected chi connectivity index (χ0v) is 12.2. The van der Waals surface area contributed by atoms with E-state index in [-0.39, 0.29) is 5.95 Å². The van der Waals surface area contributed by atoms with E-state index in [0.29, 0.717) is 23.9 Å². The van der Waals surface area contributed by atoms with E-state index in [9.17, 15) is 0 Å². The first-order valence-corrected chi connectivity index (χ1v) is 6.96. The molecule has 1 aliphatic rings. The van der Waals surface area contributed by atoms with Gasteiger partial charge in [0.1, 0.15) is 0 Å². The summed E-state index contributed by atoms with van der Waals surface area (Å²) in [6.07, 6.45) is 3.68. The van der Waals surface area contributed by atoms with Gasteiger partial charge in [0, 0.05) is 20.1 Å². The van der Waals surface area contributed by atoms with Crippen LogP contribution in [0.4, 0.5) is 17.8 Å². The summed E-state index contributed by atoms with van der Waals surface area (Å²) in [5, 5.41) is 3.42. The smallest absolute Gasteiger partial charge is 0.231 e. The Morgan fingerprint density at radius 3 is 2.58 bits per heavy atom. The topological polar surface area (TPSA) is 80.0 Å². The van der Waals surface area contributed by atoms with E-state index in [1.165, 1.54) is 19.3 Å². The molecule has 0 aliphatic heterocycles. The second-order valence-corrected chi connectivity index (χ2v) is 5.57. The molecule has 1 aliphatic carbocycles. The fourth-order valence-corrected chi connectivity index (χ4v) is 2.84. The highest BCUT2D eigenvalue weighted by Gasteiger charge is 2.32. The van der Waals surface area contributed by atoms with E-state index < -0.39 is 0 Å². The van der Waals surface area contributed by atoms with Crippen LogP contribution in [0.1, 0.15) is 33.1 Å². The normalized spacial score (nSPS) is 26.4. The summed E-state index contributed by atoms with van der Waals surface area (Å²) < 4.78 is 0. The van der Waals surface area contributed by atoms with Crippen LogP contribution in [0.5, 0.6) is 0 Å². The molecule has 0 radical (unpaired) electrons. The first-order valence-electron chi connectivity index (χ1n) is 6.96. The Bertz CT molecular complexity index is 433. The van der Waals surface area contributed by atoms with Gasteiger partial charge < -0.3 is 16.0 Å². The Balaban J connectivity index is 2.11. The third kappa shape index (κ3) is 3.05. The van der Waals surface area contributed by atoms with Crippen LogP contribution < -0.4 is 16.0 Å². The maximum atomic E-state index is 5.73. The molecular formula is C13H24N6. The molecule has 0 saturated heterocycles. The lowest BCUT2D eigenvalue weighted by Gasteiger charge is -2.21. The van der Waals surface area contributed by atoms with Crippen molar-refractivity contribution in [2.45, 2.75) is 39.2 Å². The SMILES string of the molecule is CCC1CCC(Nc2nc(N)nc(N(C)C)n2)C1C. The summed E-state index contributed by atoms with van der Waals surface area (Å²) in [5.74, 6) is 2.88. The molecule has 106 valence electrons. The van der Waals surface area contributed by atoms with Crippen LogP contribution in [-0.4, -0.2) is 35.1 Å². The summed E-state index contributed by atoms with van der Waals surface area (Å²) in [6, 6.07) is 0.432. The highest BCUT2D eigenvalue weighted by atomic mass is 15.3. The van der Waals surface area contributed by atoms with Crippen LogP contribution in [0.2, 0.25) is 0 Å². The van der Waals surface area contributed by atoms with E-state index >= 15 is 0 Å². The number of aromatic nitrogens is 3. The lowest BCUT2D eigenvalue weighted by Crippen LogP contribution is -2.26. The van der Waals surface area contributed by atoms with Crippen molar-refractivity contribution in [3.63, 3.8) is 0 Å². The maximum Gasteiger partial charge on any atom is 0.231 e. The minimum absolute atomic E-state index is 0.263. The Morgan fingerprint density at radius 1 is 1.26 bits per heavy atom. The predicted octanol–water partition coefficient (Wildman–Crippen LogP) is 1.76. The van der Waals surface area contributed by atoms with Crippen LogP contribution >= 0.6 is 0 Å². The minimum Gasteiger partial charge on any atom is -0.368 e. The van der Waals surface area contributed by atoms with Crippen LogP contribution in [0.15, 0.2) is 0 Å². The third-order valence-corrected chi connectivity index (χ3v) is 4.11. The molecule has 1 heterocycles. The molecule has 0 amide bonds. The fraction of sp³-hybridized carbons (Fsp3) is 0.769. The summed E-state index contributed by atoms with van der Waals surface area (Å²) >= 11 is 0. The van der Waals surface area contributed by atoms with Crippen molar-refractivity contribution in [2.24, 2.45) is 11.8 Å². The Hall–Kier alpha value is -1.59. The second kappa shape index (κ2) is 5.59. The van der Waals surface area contributed by atoms with Gasteiger partial charge in [-0.1, -0.05) is 20.3 Å². The highest BCUT2D eigenvalue weighted by Crippen LogP contribution is 2.35. The van der Waals surface area contributed by atoms with Gasteiger partial charge in [-0.05, 0) is 24.7 Å². The average molecular weight is 264 g/mol. The molecule has 0 spiro atoms. The summed E-state index contributed by atoms with van der Waals surface area (Å²) in [6.45, 7) is 4.56. The number of nitrogen functional groups attached to an aromatic ring is 1. The third-order valence-electron chi connectivity index (χ3n) is 4.11. The monoisotopic (exact) mass is 264 g/mol. The first-order chi connectivity index (χ1) is 9.01. The van der Waals surface area contributed by atoms with Gasteiger partial charge in [-0.15, -0.1) is 0 Å². The first kappa shape index (κ1) is 13.8. The van der Waals surface area contributed by atoms with E-state index in [2.05, 4.69) is 34.1 Å². The molecule has 0 aromatic carbocycles. The average Bonchev–Trinajstić information content (AvgIpc) is 2.70. The van der Waals surface area contributed by atoms with Crippen LogP contribution in [0.3, 0.4) is 0 Å². The lowest BCUT2D eigenvalue weighted by molar-refractivity contribution is 0.391. The van der Waals surface area contributed by atoms with E-state index in [0.717, 1.165) is 5.92 Å². The fourth-order valence-electron chi connectivity index (χ4n) is 2.84. The molecular weight excluding hydrogens is 240 g/mol. The Morgan fingerprint density at radius 2 is 2.00 bits per heavy atom. The molecule has 19 heavy (non-hydrogen) atoms. The summed E-state index contributed by atoms with van der Waals surface area (Å²) in [7, 11) is 3.79. The number of nitrogens with two attached hydrogens (primary N) is 1. The van der Waals surface area contributed by atoms with Gasteiger partial charge in [-0.3, -0.25) is 0 Å². The van der Waals surface area contributed by atoms with Crippen molar-refractivity contribution in [1.82, 2.24) is 15.0 Å². The molecule has 1 aromatic heterocycles. The molecule has 3 atom stereocenters. The number of hydrogen-bond donors (Lipinski definition) is 2. The molecule has 6 nitrogen and oxygen atoms in total. The summed E-state index contributed by atoms with van der Waals surface area (Å²) in [5.41, 5.74) is 5.73. The molecule has 3 N–H and O–H groups in total. The van der Waals surface area contributed by atoms with Gasteiger partial charge in [0.15, 0.2) is 0 Å². The van der Waals surface area contributed by atoms with Crippen LogP contribution in [-0.2, 0) is 0 Å². The zero-order chi connectivity index (χ0) is 14.0. The maximum absolute atomic E-state index is 5.73. The molecule has 6 heteroatoms. The number of hydrogen-bond acceptors (Lipinski definition) is 6. The lowest BCUT2D eigenvalue weighted by atomic mass is 9.94. The standard InChI is InChI=1S/C13H24N6/c1-5-9-6-7-10(8(9)2)15-12-16-11(14)17-13(18-12)19(3)4/h8-10H,5-7H2,1-4H3,(H3,14,15,16,17,18). The van der Waals surface area contributed by atoms with Crippen molar-refractivity contribution in [3.05, 3.63) is 0 Å². The van der Waals surface area contributed by atoms with Crippen molar-refractivity contribution >= 4 is 17.8 Å². The predicted molar refractivity (Wildman–Crippen MR) is 78.2 cm³/mol. The minimum atomic E-state index is 0.263. The molecule has 1 saturated carbocycles. The van der Waals surface area contributed by atoms with Crippen molar-refractivity contribution in [2.75, 3.05) is 30.0 Å². The largest absolute Gasteiger partial charge is 0.368 e. The van der Waals surface area contributed by atoms with Crippen LogP contribution in [0.25, 0.3) is 0 Å². The van der Waals surface area contributed by atoms with Crippen LogP contribution in [0, 0.1) is 11.8 Å². The summed E-state index contributed by atoms with van der Waals surface area (Å²) in [4.78, 5) is 14.5. The van der Waals surface area contributed by atoms with E-state index in [1.807, 2.05) is 19.0 Å². The van der Waals surface area contributed by atoms with Crippen molar-refractivity contribution in [1.29, 1.82) is 0 Å². The van der Waals surface area contributed by atoms with Crippen molar-refractivity contribution < 1.29 is 0 Å². The molecule has 2 rings (SSSR count). The number of nitrogens with one attached hydrogen (secondary N) is 1. The number of rotatable bonds is 4. The van der Waals surface area contributed by atoms with Gasteiger partial charge in [0.05, 0.1) is 0 Å². The second-order valence-electron chi connectivity index (χ2n) is 5.57. The molecule has 1 aromatic rings. The van der Waals surface area contributed by atoms with Gasteiger partial charge in [-0.25, -0.2) is 0 Å². The van der Waals surface area contributed by atoms with E-state index in [1.54, 1.807) is 0 Å². The quantitative estimate of drug-likeness (QED) is 0.862. The number of anilines is 3. The van der Waals surface area contributed by atoms with Gasteiger partial charge >= 0.3 is 0 Å². The van der Waals surface area contributed by atoms with Gasteiger partial charge in [0.25, 0.3) is 0 Å². The Labute approximate surface area is 114 Å². The van der Waals surface area contributed by atoms with Crippen molar-refractivity contribution in [3.8, 4) is 0 Å². The van der Waals surface area contributed by atoms with E-state index in [4.69, 9.17) is 5.73 Å². The van der Waals surface area contributed by atoms with Gasteiger partial charge in [-0.2, -0.15) is 15.0 Å². The van der Waals surface area contributed by atoms with Gasteiger partial charge in [0.2, 0.25) is 17.8 Å². The number of nitrogens with zero attached hydrogens (tertiary/aromatic N) is 4. The zero-order valence-electron chi connectivity index (χ0n) is 12.2. The molecule has 1 fully saturated rings.